The number of rotatable bonds is 3. The molecule has 16 heavy (non-hydrogen) atoms. The van der Waals surface area contributed by atoms with Gasteiger partial charge in [0.1, 0.15) is 0 Å². The number of amides is 1. The zero-order chi connectivity index (χ0) is 11.5. The van der Waals surface area contributed by atoms with E-state index in [4.69, 9.17) is 0 Å². The normalized spacial score (nSPS) is 18.2. The molecule has 1 amide bonds. The van der Waals surface area contributed by atoms with Gasteiger partial charge >= 0.3 is 0 Å². The van der Waals surface area contributed by atoms with Gasteiger partial charge in [0.05, 0.1) is 0 Å². The number of fused-ring (bicyclic) bond motifs is 1. The van der Waals surface area contributed by atoms with Crippen LogP contribution in [-0.2, 0) is 11.2 Å². The minimum Gasteiger partial charge on any atom is -0.356 e. The molecule has 0 heterocycles. The molecular weight excluding hydrogens is 313 g/mol. The molecular formula is C13H16INO. The van der Waals surface area contributed by atoms with Gasteiger partial charge in [0.2, 0.25) is 5.91 Å². The van der Waals surface area contributed by atoms with Crippen LogP contribution in [0.15, 0.2) is 18.2 Å². The molecule has 1 atom stereocenters. The average Bonchev–Trinajstić information content (AvgIpc) is 2.60. The van der Waals surface area contributed by atoms with Crippen LogP contribution >= 0.6 is 22.6 Å². The van der Waals surface area contributed by atoms with Crippen LogP contribution in [0.2, 0.25) is 0 Å². The van der Waals surface area contributed by atoms with Gasteiger partial charge in [0.15, 0.2) is 0 Å². The summed E-state index contributed by atoms with van der Waals surface area (Å²) < 4.78 is 1.31. The highest BCUT2D eigenvalue weighted by atomic mass is 127. The Labute approximate surface area is 110 Å². The van der Waals surface area contributed by atoms with Crippen LogP contribution in [0.5, 0.6) is 0 Å². The second kappa shape index (κ2) is 5.17. The van der Waals surface area contributed by atoms with E-state index in [1.165, 1.54) is 27.5 Å². The number of hydrogen-bond donors (Lipinski definition) is 1. The van der Waals surface area contributed by atoms with Gasteiger partial charge < -0.3 is 5.32 Å². The van der Waals surface area contributed by atoms with Crippen molar-refractivity contribution in [3.8, 4) is 0 Å². The second-order valence-corrected chi connectivity index (χ2v) is 5.60. The molecule has 1 aromatic rings. The average molecular weight is 329 g/mol. The van der Waals surface area contributed by atoms with Gasteiger partial charge in [-0.3, -0.25) is 4.79 Å². The fourth-order valence-corrected chi connectivity index (χ4v) is 2.90. The lowest BCUT2D eigenvalue weighted by Gasteiger charge is -2.11. The molecule has 1 N–H and O–H groups in total. The van der Waals surface area contributed by atoms with Crippen molar-refractivity contribution in [2.75, 3.05) is 6.54 Å². The minimum absolute atomic E-state index is 0.0702. The fraction of sp³-hybridized carbons (Fsp3) is 0.462. The van der Waals surface area contributed by atoms with Gasteiger partial charge in [0.25, 0.3) is 0 Å². The predicted molar refractivity (Wildman–Crippen MR) is 73.5 cm³/mol. The zero-order valence-electron chi connectivity index (χ0n) is 9.42. The van der Waals surface area contributed by atoms with Crippen LogP contribution in [0.4, 0.5) is 0 Å². The fourth-order valence-electron chi connectivity index (χ4n) is 2.38. The third kappa shape index (κ3) is 2.75. The van der Waals surface area contributed by atoms with E-state index in [0.29, 0.717) is 5.92 Å². The third-order valence-electron chi connectivity index (χ3n) is 3.18. The van der Waals surface area contributed by atoms with E-state index in [-0.39, 0.29) is 5.91 Å². The molecule has 0 saturated heterocycles. The van der Waals surface area contributed by atoms with Crippen molar-refractivity contribution < 1.29 is 4.79 Å². The lowest BCUT2D eigenvalue weighted by atomic mass is 9.98. The van der Waals surface area contributed by atoms with Gasteiger partial charge in [-0.15, -0.1) is 0 Å². The molecule has 2 nitrogen and oxygen atoms in total. The van der Waals surface area contributed by atoms with Crippen molar-refractivity contribution in [2.45, 2.75) is 32.1 Å². The summed E-state index contributed by atoms with van der Waals surface area (Å²) >= 11 is 2.36. The van der Waals surface area contributed by atoms with Crippen molar-refractivity contribution in [1.82, 2.24) is 5.32 Å². The van der Waals surface area contributed by atoms with Crippen LogP contribution in [0.1, 0.15) is 36.8 Å². The number of hydrogen-bond acceptors (Lipinski definition) is 1. The molecule has 0 fully saturated rings. The van der Waals surface area contributed by atoms with Crippen LogP contribution in [0, 0.1) is 3.57 Å². The Morgan fingerprint density at radius 1 is 1.56 bits per heavy atom. The van der Waals surface area contributed by atoms with Crippen LogP contribution in [0.3, 0.4) is 0 Å². The lowest BCUT2D eigenvalue weighted by Crippen LogP contribution is -2.22. The summed E-state index contributed by atoms with van der Waals surface area (Å²) in [5.41, 5.74) is 2.99. The monoisotopic (exact) mass is 329 g/mol. The summed E-state index contributed by atoms with van der Waals surface area (Å²) in [5, 5.41) is 2.88. The lowest BCUT2D eigenvalue weighted by molar-refractivity contribution is -0.118. The van der Waals surface area contributed by atoms with Crippen LogP contribution < -0.4 is 5.32 Å². The Morgan fingerprint density at radius 2 is 2.38 bits per heavy atom. The molecule has 1 aliphatic carbocycles. The quantitative estimate of drug-likeness (QED) is 0.849. The molecule has 1 aromatic carbocycles. The third-order valence-corrected chi connectivity index (χ3v) is 3.85. The standard InChI is InChI=1S/C13H16INO/c1-9(16)15-7-6-11-3-2-10-4-5-12(14)8-13(10)11/h4-5,8,11H,2-3,6-7H2,1H3,(H,15,16). The van der Waals surface area contributed by atoms with Gasteiger partial charge in [0, 0.05) is 17.0 Å². The van der Waals surface area contributed by atoms with Crippen LogP contribution in [-0.4, -0.2) is 12.5 Å². The van der Waals surface area contributed by atoms with E-state index in [2.05, 4.69) is 46.1 Å². The zero-order valence-corrected chi connectivity index (χ0v) is 11.6. The van der Waals surface area contributed by atoms with E-state index in [1.54, 1.807) is 6.92 Å². The SMILES string of the molecule is CC(=O)NCCC1CCc2ccc(I)cc21. The van der Waals surface area contributed by atoms with E-state index in [1.807, 2.05) is 0 Å². The van der Waals surface area contributed by atoms with E-state index < -0.39 is 0 Å². The Bertz CT molecular complexity index is 403. The van der Waals surface area contributed by atoms with Crippen molar-refractivity contribution in [1.29, 1.82) is 0 Å². The highest BCUT2D eigenvalue weighted by molar-refractivity contribution is 14.1. The van der Waals surface area contributed by atoms with E-state index >= 15 is 0 Å². The largest absolute Gasteiger partial charge is 0.356 e. The number of nitrogens with one attached hydrogen (secondary N) is 1. The number of aryl methyl sites for hydroxylation is 1. The first-order valence-corrected chi connectivity index (χ1v) is 6.77. The smallest absolute Gasteiger partial charge is 0.216 e. The topological polar surface area (TPSA) is 29.1 Å². The van der Waals surface area contributed by atoms with E-state index in [9.17, 15) is 4.79 Å². The molecule has 1 aliphatic rings. The van der Waals surface area contributed by atoms with Crippen molar-refractivity contribution in [3.05, 3.63) is 32.9 Å². The maximum Gasteiger partial charge on any atom is 0.216 e. The highest BCUT2D eigenvalue weighted by Gasteiger charge is 2.21. The molecule has 0 bridgehead atoms. The molecule has 1 unspecified atom stereocenters. The molecule has 86 valence electrons. The minimum atomic E-state index is 0.0702. The van der Waals surface area contributed by atoms with Gasteiger partial charge in [-0.2, -0.15) is 0 Å². The maximum absolute atomic E-state index is 10.8. The summed E-state index contributed by atoms with van der Waals surface area (Å²) in [7, 11) is 0. The summed E-state index contributed by atoms with van der Waals surface area (Å²) in [6.07, 6.45) is 3.48. The Balaban J connectivity index is 2.00. The predicted octanol–water partition coefficient (Wildman–Crippen LogP) is 2.85. The van der Waals surface area contributed by atoms with E-state index in [0.717, 1.165) is 13.0 Å². The molecule has 0 spiro atoms. The summed E-state index contributed by atoms with van der Waals surface area (Å²) in [4.78, 5) is 10.8. The number of carbonyl (C=O) groups excluding carboxylic acids is 1. The van der Waals surface area contributed by atoms with Gasteiger partial charge in [-0.1, -0.05) is 6.07 Å². The number of carbonyl (C=O) groups is 1. The summed E-state index contributed by atoms with van der Waals surface area (Å²) in [6, 6.07) is 6.71. The van der Waals surface area contributed by atoms with Gasteiger partial charge in [-0.25, -0.2) is 0 Å². The van der Waals surface area contributed by atoms with Crippen molar-refractivity contribution in [2.24, 2.45) is 0 Å². The maximum atomic E-state index is 10.8. The van der Waals surface area contributed by atoms with Gasteiger partial charge in [-0.05, 0) is 71.0 Å². The second-order valence-electron chi connectivity index (χ2n) is 4.35. The van der Waals surface area contributed by atoms with Crippen molar-refractivity contribution in [3.63, 3.8) is 0 Å². The molecule has 3 heteroatoms. The molecule has 0 radical (unpaired) electrons. The molecule has 0 saturated carbocycles. The Morgan fingerprint density at radius 3 is 3.12 bits per heavy atom. The molecule has 2 rings (SSSR count). The summed E-state index contributed by atoms with van der Waals surface area (Å²) in [6.45, 7) is 2.37. The number of halogens is 1. The highest BCUT2D eigenvalue weighted by Crippen LogP contribution is 2.35. The summed E-state index contributed by atoms with van der Waals surface area (Å²) in [5.74, 6) is 0.706. The molecule has 0 aliphatic heterocycles. The molecule has 0 aromatic heterocycles. The Hall–Kier alpha value is -0.580. The van der Waals surface area contributed by atoms with Crippen LogP contribution in [0.25, 0.3) is 0 Å². The first kappa shape index (κ1) is 11.9. The first-order chi connectivity index (χ1) is 7.66. The first-order valence-electron chi connectivity index (χ1n) is 5.69. The number of benzene rings is 1. The Kier molecular flexibility index (Phi) is 3.84. The van der Waals surface area contributed by atoms with Crippen molar-refractivity contribution >= 4 is 28.5 Å².